The zero-order chi connectivity index (χ0) is 18.5. The third kappa shape index (κ3) is 4.20. The fraction of sp³-hybridized carbons (Fsp3) is 0.389. The highest BCUT2D eigenvalue weighted by Crippen LogP contribution is 2.19. The molecule has 0 spiro atoms. The number of hydrogen-bond acceptors (Lipinski definition) is 5. The van der Waals surface area contributed by atoms with E-state index >= 15 is 0 Å². The van der Waals surface area contributed by atoms with Crippen LogP contribution in [0.3, 0.4) is 0 Å². The van der Waals surface area contributed by atoms with Gasteiger partial charge in [0.25, 0.3) is 11.8 Å². The topological polar surface area (TPSA) is 105 Å². The number of methoxy groups -OCH3 is 1. The highest BCUT2D eigenvalue weighted by atomic mass is 16.5. The lowest BCUT2D eigenvalue weighted by Gasteiger charge is -2.22. The monoisotopic (exact) mass is 358 g/mol. The lowest BCUT2D eigenvalue weighted by Crippen LogP contribution is -2.39. The highest BCUT2D eigenvalue weighted by molar-refractivity contribution is 6.04. The van der Waals surface area contributed by atoms with E-state index in [4.69, 9.17) is 9.47 Å². The summed E-state index contributed by atoms with van der Waals surface area (Å²) in [6, 6.07) is 6.76. The van der Waals surface area contributed by atoms with Crippen LogP contribution in [-0.4, -0.2) is 48.4 Å². The van der Waals surface area contributed by atoms with Crippen molar-refractivity contribution in [1.82, 2.24) is 15.5 Å². The normalized spacial score (nSPS) is 14.7. The van der Waals surface area contributed by atoms with Gasteiger partial charge in [-0.2, -0.15) is 5.10 Å². The molecule has 2 aromatic rings. The largest absolute Gasteiger partial charge is 0.496 e. The number of ether oxygens (including phenoxy) is 2. The number of hydrogen-bond donors (Lipinski definition) is 3. The maximum absolute atomic E-state index is 12.3. The third-order valence-electron chi connectivity index (χ3n) is 4.28. The second kappa shape index (κ2) is 8.01. The van der Waals surface area contributed by atoms with E-state index in [0.29, 0.717) is 36.0 Å². The molecule has 2 heterocycles. The first-order valence-corrected chi connectivity index (χ1v) is 8.47. The Morgan fingerprint density at radius 1 is 1.23 bits per heavy atom. The van der Waals surface area contributed by atoms with Gasteiger partial charge in [-0.3, -0.25) is 14.7 Å². The molecule has 8 nitrogen and oxygen atoms in total. The summed E-state index contributed by atoms with van der Waals surface area (Å²) in [5.41, 5.74) is 1.65. The summed E-state index contributed by atoms with van der Waals surface area (Å²) in [7, 11) is 1.58. The number of nitrogens with one attached hydrogen (secondary N) is 3. The molecule has 3 N–H and O–H groups in total. The standard InChI is InChI=1S/C18H22N4O4/c1-11-9-12(3-4-15(11)25-2)17(23)20-16-10-14(21-22-16)18(24)19-13-5-7-26-8-6-13/h3-4,9-10,13H,5-8H2,1-2H3,(H,19,24)(H2,20,21,22,23). The van der Waals surface area contributed by atoms with Gasteiger partial charge in [0.15, 0.2) is 5.82 Å². The Balaban J connectivity index is 1.61. The average Bonchev–Trinajstić information content (AvgIpc) is 3.11. The second-order valence-electron chi connectivity index (χ2n) is 6.17. The van der Waals surface area contributed by atoms with Gasteiger partial charge in [-0.15, -0.1) is 0 Å². The summed E-state index contributed by atoms with van der Waals surface area (Å²) in [6.45, 7) is 3.16. The minimum absolute atomic E-state index is 0.0971. The lowest BCUT2D eigenvalue weighted by atomic mass is 10.1. The summed E-state index contributed by atoms with van der Waals surface area (Å²) < 4.78 is 10.5. The van der Waals surface area contributed by atoms with Gasteiger partial charge in [-0.1, -0.05) is 0 Å². The van der Waals surface area contributed by atoms with Crippen LogP contribution in [0.2, 0.25) is 0 Å². The summed E-state index contributed by atoms with van der Waals surface area (Å²) >= 11 is 0. The number of aromatic amines is 1. The Hall–Kier alpha value is -2.87. The summed E-state index contributed by atoms with van der Waals surface area (Å²) in [4.78, 5) is 24.6. The van der Waals surface area contributed by atoms with E-state index < -0.39 is 0 Å². The predicted octanol–water partition coefficient (Wildman–Crippen LogP) is 1.89. The summed E-state index contributed by atoms with van der Waals surface area (Å²) in [6.07, 6.45) is 1.58. The van der Waals surface area contributed by atoms with Gasteiger partial charge in [-0.05, 0) is 43.5 Å². The number of H-pyrrole nitrogens is 1. The van der Waals surface area contributed by atoms with Crippen LogP contribution in [0.1, 0.15) is 39.3 Å². The van der Waals surface area contributed by atoms with Crippen LogP contribution >= 0.6 is 0 Å². The highest BCUT2D eigenvalue weighted by Gasteiger charge is 2.19. The SMILES string of the molecule is COc1ccc(C(=O)Nc2cc(C(=O)NC3CCOCC3)[nH]n2)cc1C. The van der Waals surface area contributed by atoms with Gasteiger partial charge in [0.1, 0.15) is 11.4 Å². The molecule has 0 bridgehead atoms. The molecule has 1 aliphatic heterocycles. The smallest absolute Gasteiger partial charge is 0.269 e. The van der Waals surface area contributed by atoms with Crippen LogP contribution < -0.4 is 15.4 Å². The van der Waals surface area contributed by atoms with Crippen molar-refractivity contribution in [2.45, 2.75) is 25.8 Å². The number of aromatic nitrogens is 2. The van der Waals surface area contributed by atoms with E-state index in [2.05, 4.69) is 20.8 Å². The van der Waals surface area contributed by atoms with Crippen molar-refractivity contribution in [3.63, 3.8) is 0 Å². The van der Waals surface area contributed by atoms with Crippen molar-refractivity contribution < 1.29 is 19.1 Å². The van der Waals surface area contributed by atoms with Crippen molar-refractivity contribution in [2.24, 2.45) is 0 Å². The Labute approximate surface area is 151 Å². The maximum atomic E-state index is 12.3. The molecule has 1 aromatic heterocycles. The molecule has 26 heavy (non-hydrogen) atoms. The number of nitrogens with zero attached hydrogens (tertiary/aromatic N) is 1. The molecule has 0 unspecified atom stereocenters. The van der Waals surface area contributed by atoms with E-state index in [1.54, 1.807) is 25.3 Å². The molecule has 1 fully saturated rings. The molecule has 0 saturated carbocycles. The lowest BCUT2D eigenvalue weighted by molar-refractivity contribution is 0.0694. The number of rotatable bonds is 5. The van der Waals surface area contributed by atoms with Crippen LogP contribution in [0.4, 0.5) is 5.82 Å². The molecule has 0 aliphatic carbocycles. The molecular formula is C18H22N4O4. The number of anilines is 1. The zero-order valence-electron chi connectivity index (χ0n) is 14.8. The predicted molar refractivity (Wildman–Crippen MR) is 95.6 cm³/mol. The van der Waals surface area contributed by atoms with E-state index in [9.17, 15) is 9.59 Å². The molecule has 8 heteroatoms. The number of benzene rings is 1. The molecule has 1 aliphatic rings. The van der Waals surface area contributed by atoms with Gasteiger partial charge in [0.2, 0.25) is 0 Å². The number of aryl methyl sites for hydroxylation is 1. The second-order valence-corrected chi connectivity index (χ2v) is 6.17. The number of carbonyl (C=O) groups excluding carboxylic acids is 2. The first-order valence-electron chi connectivity index (χ1n) is 8.47. The molecular weight excluding hydrogens is 336 g/mol. The molecule has 0 atom stereocenters. The minimum atomic E-state index is -0.307. The first kappa shape index (κ1) is 17.9. The number of amides is 2. The Morgan fingerprint density at radius 2 is 2.00 bits per heavy atom. The Bertz CT molecular complexity index is 796. The quantitative estimate of drug-likeness (QED) is 0.757. The third-order valence-corrected chi connectivity index (χ3v) is 4.28. The fourth-order valence-electron chi connectivity index (χ4n) is 2.82. The van der Waals surface area contributed by atoms with Crippen LogP contribution in [0, 0.1) is 6.92 Å². The zero-order valence-corrected chi connectivity index (χ0v) is 14.8. The molecule has 3 rings (SSSR count). The van der Waals surface area contributed by atoms with E-state index in [1.165, 1.54) is 6.07 Å². The Morgan fingerprint density at radius 3 is 2.69 bits per heavy atom. The molecule has 1 aromatic carbocycles. The van der Waals surface area contributed by atoms with Gasteiger partial charge in [-0.25, -0.2) is 0 Å². The van der Waals surface area contributed by atoms with Crippen LogP contribution in [0.25, 0.3) is 0 Å². The van der Waals surface area contributed by atoms with Crippen LogP contribution in [0.15, 0.2) is 24.3 Å². The van der Waals surface area contributed by atoms with E-state index in [1.807, 2.05) is 6.92 Å². The van der Waals surface area contributed by atoms with Crippen molar-refractivity contribution in [3.05, 3.63) is 41.1 Å². The van der Waals surface area contributed by atoms with Gasteiger partial charge in [0.05, 0.1) is 7.11 Å². The van der Waals surface area contributed by atoms with Crippen molar-refractivity contribution >= 4 is 17.6 Å². The summed E-state index contributed by atoms with van der Waals surface area (Å²) in [5.74, 6) is 0.456. The van der Waals surface area contributed by atoms with Crippen molar-refractivity contribution in [3.8, 4) is 5.75 Å². The maximum Gasteiger partial charge on any atom is 0.269 e. The van der Waals surface area contributed by atoms with Gasteiger partial charge >= 0.3 is 0 Å². The van der Waals surface area contributed by atoms with Gasteiger partial charge in [0, 0.05) is 30.9 Å². The Kier molecular flexibility index (Phi) is 5.52. The molecule has 138 valence electrons. The minimum Gasteiger partial charge on any atom is -0.496 e. The first-order chi connectivity index (χ1) is 12.6. The van der Waals surface area contributed by atoms with E-state index in [-0.39, 0.29) is 17.9 Å². The van der Waals surface area contributed by atoms with Crippen molar-refractivity contribution in [2.75, 3.05) is 25.6 Å². The molecule has 1 saturated heterocycles. The number of carbonyl (C=O) groups is 2. The molecule has 2 amide bonds. The summed E-state index contributed by atoms with van der Waals surface area (Å²) in [5, 5.41) is 12.3. The van der Waals surface area contributed by atoms with E-state index in [0.717, 1.165) is 18.4 Å². The van der Waals surface area contributed by atoms with Crippen LogP contribution in [-0.2, 0) is 4.74 Å². The van der Waals surface area contributed by atoms with Gasteiger partial charge < -0.3 is 20.1 Å². The molecule has 0 radical (unpaired) electrons. The van der Waals surface area contributed by atoms with Crippen molar-refractivity contribution in [1.29, 1.82) is 0 Å². The average molecular weight is 358 g/mol. The fourth-order valence-corrected chi connectivity index (χ4v) is 2.82. The van der Waals surface area contributed by atoms with Crippen LogP contribution in [0.5, 0.6) is 5.75 Å².